The molecular formula is C27H33N3O2S. The minimum Gasteiger partial charge on any atom is -0.368 e. The molecule has 5 nitrogen and oxygen atoms in total. The van der Waals surface area contributed by atoms with Gasteiger partial charge in [0.2, 0.25) is 5.91 Å². The maximum Gasteiger partial charge on any atom is 0.264 e. The molecule has 7 rings (SSSR count). The van der Waals surface area contributed by atoms with Gasteiger partial charge in [-0.3, -0.25) is 9.59 Å². The molecule has 0 unspecified atom stereocenters. The molecule has 5 aliphatic rings. The van der Waals surface area contributed by atoms with Gasteiger partial charge in [0, 0.05) is 44.0 Å². The number of thiophene rings is 1. The van der Waals surface area contributed by atoms with Gasteiger partial charge in [-0.25, -0.2) is 0 Å². The quantitative estimate of drug-likeness (QED) is 0.658. The molecule has 1 aliphatic heterocycles. The number of rotatable bonds is 5. The Morgan fingerprint density at radius 2 is 1.55 bits per heavy atom. The van der Waals surface area contributed by atoms with E-state index in [0.29, 0.717) is 6.42 Å². The van der Waals surface area contributed by atoms with Crippen LogP contribution in [0.2, 0.25) is 0 Å². The minimum absolute atomic E-state index is 0.140. The average molecular weight is 464 g/mol. The molecule has 2 aromatic rings. The molecule has 1 aromatic carbocycles. The normalized spacial score (nSPS) is 30.5. The molecule has 1 saturated heterocycles. The predicted octanol–water partition coefficient (Wildman–Crippen LogP) is 5.26. The zero-order valence-electron chi connectivity index (χ0n) is 19.2. The van der Waals surface area contributed by atoms with Crippen LogP contribution in [0.3, 0.4) is 0 Å². The van der Waals surface area contributed by atoms with Crippen LogP contribution in [0.15, 0.2) is 41.8 Å². The molecule has 5 fully saturated rings. The van der Waals surface area contributed by atoms with E-state index >= 15 is 0 Å². The zero-order valence-corrected chi connectivity index (χ0v) is 20.0. The second-order valence-corrected chi connectivity index (χ2v) is 11.9. The van der Waals surface area contributed by atoms with Crippen LogP contribution in [0.1, 0.15) is 54.6 Å². The molecule has 4 saturated carbocycles. The molecule has 2 heterocycles. The molecule has 4 aliphatic carbocycles. The van der Waals surface area contributed by atoms with Gasteiger partial charge in [0.1, 0.15) is 0 Å². The molecule has 0 radical (unpaired) electrons. The smallest absolute Gasteiger partial charge is 0.264 e. The molecule has 0 atom stereocenters. The Bertz CT molecular complexity index is 973. The fourth-order valence-electron chi connectivity index (χ4n) is 7.53. The van der Waals surface area contributed by atoms with Crippen molar-refractivity contribution in [1.82, 2.24) is 4.90 Å². The van der Waals surface area contributed by atoms with E-state index in [0.717, 1.165) is 60.2 Å². The topological polar surface area (TPSA) is 52.7 Å². The first-order valence-electron chi connectivity index (χ1n) is 12.5. The molecule has 4 bridgehead atoms. The highest BCUT2D eigenvalue weighted by atomic mass is 32.1. The van der Waals surface area contributed by atoms with Gasteiger partial charge in [-0.15, -0.1) is 11.3 Å². The Hall–Kier alpha value is -2.34. The highest BCUT2D eigenvalue weighted by molar-refractivity contribution is 7.12. The number of anilines is 2. The summed E-state index contributed by atoms with van der Waals surface area (Å²) in [6.45, 7) is 3.13. The summed E-state index contributed by atoms with van der Waals surface area (Å²) >= 11 is 1.51. The summed E-state index contributed by atoms with van der Waals surface area (Å²) in [5.41, 5.74) is 2.32. The van der Waals surface area contributed by atoms with Crippen LogP contribution < -0.4 is 10.2 Å². The number of benzene rings is 1. The lowest BCUT2D eigenvalue weighted by atomic mass is 9.49. The van der Waals surface area contributed by atoms with E-state index in [-0.39, 0.29) is 17.2 Å². The van der Waals surface area contributed by atoms with Crippen LogP contribution in [0.5, 0.6) is 0 Å². The summed E-state index contributed by atoms with van der Waals surface area (Å²) < 4.78 is 0. The van der Waals surface area contributed by atoms with Gasteiger partial charge in [0.05, 0.1) is 4.88 Å². The first-order chi connectivity index (χ1) is 16.1. The van der Waals surface area contributed by atoms with Crippen molar-refractivity contribution in [2.75, 3.05) is 36.4 Å². The van der Waals surface area contributed by atoms with Gasteiger partial charge < -0.3 is 15.1 Å². The maximum atomic E-state index is 12.9. The number of nitrogens with zero attached hydrogens (tertiary/aromatic N) is 2. The standard InChI is InChI=1S/C27H33N3O2S/c31-25(18-27-15-19-12-20(16-27)14-21(13-19)17-27)28-22-3-5-23(6-4-22)29-7-9-30(10-8-29)26(32)24-2-1-11-33-24/h1-6,11,19-21H,7-10,12-18H2,(H,28,31). The molecule has 174 valence electrons. The maximum absolute atomic E-state index is 12.9. The molecule has 33 heavy (non-hydrogen) atoms. The Morgan fingerprint density at radius 3 is 2.12 bits per heavy atom. The third-order valence-corrected chi connectivity index (χ3v) is 9.37. The Kier molecular flexibility index (Phi) is 5.44. The summed E-state index contributed by atoms with van der Waals surface area (Å²) in [7, 11) is 0. The van der Waals surface area contributed by atoms with Gasteiger partial charge in [0.15, 0.2) is 0 Å². The summed E-state index contributed by atoms with van der Waals surface area (Å²) in [5.74, 6) is 2.96. The molecule has 1 N–H and O–H groups in total. The number of nitrogens with one attached hydrogen (secondary N) is 1. The van der Waals surface area contributed by atoms with Crippen LogP contribution in [-0.4, -0.2) is 42.9 Å². The van der Waals surface area contributed by atoms with E-state index in [4.69, 9.17) is 0 Å². The van der Waals surface area contributed by atoms with E-state index in [2.05, 4.69) is 22.3 Å². The summed E-state index contributed by atoms with van der Waals surface area (Å²) in [5, 5.41) is 5.13. The van der Waals surface area contributed by atoms with Crippen LogP contribution in [0.25, 0.3) is 0 Å². The van der Waals surface area contributed by atoms with E-state index in [9.17, 15) is 9.59 Å². The van der Waals surface area contributed by atoms with E-state index in [1.54, 1.807) is 0 Å². The first-order valence-corrected chi connectivity index (χ1v) is 13.4. The first kappa shape index (κ1) is 21.2. The number of hydrogen-bond donors (Lipinski definition) is 1. The fourth-order valence-corrected chi connectivity index (χ4v) is 8.22. The van der Waals surface area contributed by atoms with Crippen LogP contribution in [0.4, 0.5) is 11.4 Å². The largest absolute Gasteiger partial charge is 0.368 e. The summed E-state index contributed by atoms with van der Waals surface area (Å²) in [6, 6.07) is 12.1. The van der Waals surface area contributed by atoms with Gasteiger partial charge in [-0.2, -0.15) is 0 Å². The van der Waals surface area contributed by atoms with Gasteiger partial charge in [-0.1, -0.05) is 6.07 Å². The number of piperazine rings is 1. The zero-order chi connectivity index (χ0) is 22.4. The predicted molar refractivity (Wildman–Crippen MR) is 133 cm³/mol. The molecule has 6 heteroatoms. The Balaban J connectivity index is 1.02. The van der Waals surface area contributed by atoms with Crippen molar-refractivity contribution in [3.63, 3.8) is 0 Å². The van der Waals surface area contributed by atoms with Gasteiger partial charge in [0.25, 0.3) is 5.91 Å². The van der Waals surface area contributed by atoms with Crippen LogP contribution >= 0.6 is 11.3 Å². The lowest BCUT2D eigenvalue weighted by Crippen LogP contribution is -2.48. The number of amides is 2. The van der Waals surface area contributed by atoms with Crippen molar-refractivity contribution in [3.8, 4) is 0 Å². The van der Waals surface area contributed by atoms with E-state index in [1.807, 2.05) is 34.5 Å². The molecule has 2 amide bonds. The van der Waals surface area contributed by atoms with Crippen molar-refractivity contribution in [2.24, 2.45) is 23.2 Å². The Morgan fingerprint density at radius 1 is 0.909 bits per heavy atom. The third kappa shape index (κ3) is 4.30. The van der Waals surface area contributed by atoms with E-state index in [1.165, 1.54) is 49.9 Å². The van der Waals surface area contributed by atoms with Gasteiger partial charge in [-0.05, 0) is 97.4 Å². The molecule has 1 aromatic heterocycles. The second-order valence-electron chi connectivity index (χ2n) is 10.9. The van der Waals surface area contributed by atoms with E-state index < -0.39 is 0 Å². The lowest BCUT2D eigenvalue weighted by molar-refractivity contribution is -0.124. The summed E-state index contributed by atoms with van der Waals surface area (Å²) in [4.78, 5) is 30.6. The van der Waals surface area contributed by atoms with Crippen LogP contribution in [0, 0.1) is 23.2 Å². The highest BCUT2D eigenvalue weighted by Gasteiger charge is 2.51. The molecule has 0 spiro atoms. The fraction of sp³-hybridized carbons (Fsp3) is 0.556. The van der Waals surface area contributed by atoms with Crippen LogP contribution in [-0.2, 0) is 4.79 Å². The van der Waals surface area contributed by atoms with Crippen molar-refractivity contribution in [2.45, 2.75) is 44.9 Å². The average Bonchev–Trinajstić information content (AvgIpc) is 3.33. The monoisotopic (exact) mass is 463 g/mol. The molecular weight excluding hydrogens is 430 g/mol. The number of carbonyl (C=O) groups is 2. The Labute approximate surface area is 200 Å². The second kappa shape index (κ2) is 8.46. The van der Waals surface area contributed by atoms with Crippen molar-refractivity contribution >= 4 is 34.5 Å². The van der Waals surface area contributed by atoms with Gasteiger partial charge >= 0.3 is 0 Å². The SMILES string of the molecule is O=C(CC12CC3CC(CC(C3)C1)C2)Nc1ccc(N2CCN(C(=O)c3cccs3)CC2)cc1. The lowest BCUT2D eigenvalue weighted by Gasteiger charge is -2.56. The highest BCUT2D eigenvalue weighted by Crippen LogP contribution is 2.61. The number of carbonyl (C=O) groups excluding carboxylic acids is 2. The summed E-state index contributed by atoms with van der Waals surface area (Å²) in [6.07, 6.45) is 8.75. The minimum atomic E-state index is 0.140. The number of hydrogen-bond acceptors (Lipinski definition) is 4. The van der Waals surface area contributed by atoms with Crippen molar-refractivity contribution < 1.29 is 9.59 Å². The van der Waals surface area contributed by atoms with Crippen molar-refractivity contribution in [1.29, 1.82) is 0 Å². The third-order valence-electron chi connectivity index (χ3n) is 8.52. The van der Waals surface area contributed by atoms with Crippen molar-refractivity contribution in [3.05, 3.63) is 46.7 Å².